The van der Waals surface area contributed by atoms with Gasteiger partial charge in [-0.25, -0.2) is 0 Å². The van der Waals surface area contributed by atoms with Crippen molar-refractivity contribution >= 4 is 48.6 Å². The van der Waals surface area contributed by atoms with Gasteiger partial charge in [0.2, 0.25) is 0 Å². The number of thiophene rings is 1. The topological polar surface area (TPSA) is 3.24 Å². The molecule has 1 aliphatic carbocycles. The lowest BCUT2D eigenvalue weighted by Crippen LogP contribution is -2.15. The van der Waals surface area contributed by atoms with Gasteiger partial charge in [0.05, 0.1) is 5.69 Å². The first kappa shape index (κ1) is 35.2. The van der Waals surface area contributed by atoms with Gasteiger partial charge in [0.1, 0.15) is 0 Å². The fraction of sp³-hybridized carbons (Fsp3) is 0.0526. The van der Waals surface area contributed by atoms with Gasteiger partial charge in [-0.05, 0) is 104 Å². The zero-order chi connectivity index (χ0) is 39.5. The molecule has 9 aromatic carbocycles. The Morgan fingerprint density at radius 2 is 0.932 bits per heavy atom. The molecule has 0 spiro atoms. The summed E-state index contributed by atoms with van der Waals surface area (Å²) in [5.41, 5.74) is 18.2. The minimum atomic E-state index is -0.0839. The van der Waals surface area contributed by atoms with E-state index in [1.54, 1.807) is 0 Å². The Bertz CT molecular complexity index is 3170. The Labute approximate surface area is 350 Å². The molecule has 11 rings (SSSR count). The van der Waals surface area contributed by atoms with Crippen LogP contribution >= 0.6 is 11.3 Å². The third-order valence-corrected chi connectivity index (χ3v) is 13.4. The largest absolute Gasteiger partial charge is 0.310 e. The summed E-state index contributed by atoms with van der Waals surface area (Å²) in [6.45, 7) is 4.71. The quantitative estimate of drug-likeness (QED) is 0.156. The van der Waals surface area contributed by atoms with Gasteiger partial charge in [0.15, 0.2) is 0 Å². The van der Waals surface area contributed by atoms with Crippen LogP contribution in [0.15, 0.2) is 212 Å². The Hall–Kier alpha value is -7.00. The average Bonchev–Trinajstić information content (AvgIpc) is 3.78. The highest BCUT2D eigenvalue weighted by Gasteiger charge is 2.36. The van der Waals surface area contributed by atoms with E-state index < -0.39 is 0 Å². The van der Waals surface area contributed by atoms with Crippen molar-refractivity contribution in [3.63, 3.8) is 0 Å². The molecule has 59 heavy (non-hydrogen) atoms. The molecule has 0 saturated heterocycles. The van der Waals surface area contributed by atoms with Crippen molar-refractivity contribution in [2.24, 2.45) is 0 Å². The predicted molar refractivity (Wildman–Crippen MR) is 253 cm³/mol. The maximum atomic E-state index is 2.48. The lowest BCUT2D eigenvalue weighted by atomic mass is 9.82. The van der Waals surface area contributed by atoms with E-state index in [4.69, 9.17) is 0 Å². The third-order valence-electron chi connectivity index (χ3n) is 12.3. The molecule has 10 aromatic rings. The standard InChI is InChI=1S/C57H41NS/c1-57(2)51-25-13-11-21-46(51)50-37-43(33-35-52(50)57)58(42-31-28-38(29-32-42)41-30-34-48-47-22-12-14-27-54(47)59-55(48)36-41)53-26-15-24-45(40-18-7-4-8-19-40)56(53)49-23-10-9-20-44(49)39-16-5-3-6-17-39/h3-37H,1-2H3. The van der Waals surface area contributed by atoms with Crippen molar-refractivity contribution in [2.45, 2.75) is 19.3 Å². The Kier molecular flexibility index (Phi) is 8.43. The van der Waals surface area contributed by atoms with Crippen molar-refractivity contribution in [3.8, 4) is 55.6 Å². The lowest BCUT2D eigenvalue weighted by molar-refractivity contribution is 0.660. The second-order valence-electron chi connectivity index (χ2n) is 16.1. The smallest absolute Gasteiger partial charge is 0.0546 e. The summed E-state index contributed by atoms with van der Waals surface area (Å²) in [7, 11) is 0. The number of hydrogen-bond acceptors (Lipinski definition) is 2. The number of benzene rings is 9. The summed E-state index contributed by atoms with van der Waals surface area (Å²) in [5, 5.41) is 2.65. The van der Waals surface area contributed by atoms with Gasteiger partial charge in [-0.1, -0.05) is 184 Å². The molecular weight excluding hydrogens is 731 g/mol. The summed E-state index contributed by atoms with van der Waals surface area (Å²) in [6.07, 6.45) is 0. The van der Waals surface area contributed by atoms with Crippen LogP contribution in [-0.4, -0.2) is 0 Å². The van der Waals surface area contributed by atoms with Crippen LogP contribution in [0.2, 0.25) is 0 Å². The van der Waals surface area contributed by atoms with Gasteiger partial charge in [-0.15, -0.1) is 11.3 Å². The van der Waals surface area contributed by atoms with E-state index >= 15 is 0 Å². The molecule has 0 bridgehead atoms. The van der Waals surface area contributed by atoms with Crippen molar-refractivity contribution in [3.05, 3.63) is 223 Å². The van der Waals surface area contributed by atoms with Crippen molar-refractivity contribution in [1.82, 2.24) is 0 Å². The Balaban J connectivity index is 1.14. The monoisotopic (exact) mass is 771 g/mol. The van der Waals surface area contributed by atoms with Gasteiger partial charge in [-0.2, -0.15) is 0 Å². The van der Waals surface area contributed by atoms with Crippen molar-refractivity contribution in [2.75, 3.05) is 4.90 Å². The molecule has 0 radical (unpaired) electrons. The molecule has 0 aliphatic heterocycles. The van der Waals surface area contributed by atoms with Gasteiger partial charge < -0.3 is 4.90 Å². The van der Waals surface area contributed by atoms with Crippen LogP contribution in [-0.2, 0) is 5.41 Å². The Morgan fingerprint density at radius 1 is 0.356 bits per heavy atom. The SMILES string of the molecule is CC1(C)c2ccccc2-c2cc(N(c3ccc(-c4ccc5c(c4)sc4ccccc45)cc3)c3cccc(-c4ccccc4)c3-c3ccccc3-c3ccccc3)ccc21. The van der Waals surface area contributed by atoms with Crippen LogP contribution < -0.4 is 4.90 Å². The van der Waals surface area contributed by atoms with Crippen molar-refractivity contribution in [1.29, 1.82) is 0 Å². The average molecular weight is 772 g/mol. The third kappa shape index (κ3) is 5.91. The minimum Gasteiger partial charge on any atom is -0.310 e. The first-order valence-corrected chi connectivity index (χ1v) is 21.2. The van der Waals surface area contributed by atoms with Gasteiger partial charge >= 0.3 is 0 Å². The molecule has 1 nitrogen and oxygen atoms in total. The van der Waals surface area contributed by atoms with E-state index in [9.17, 15) is 0 Å². The van der Waals surface area contributed by atoms with Crippen LogP contribution in [0.5, 0.6) is 0 Å². The highest BCUT2D eigenvalue weighted by atomic mass is 32.1. The maximum Gasteiger partial charge on any atom is 0.0546 e. The molecule has 0 fully saturated rings. The normalized spacial score (nSPS) is 12.7. The van der Waals surface area contributed by atoms with E-state index in [1.165, 1.54) is 86.9 Å². The maximum absolute atomic E-state index is 2.48. The molecule has 0 N–H and O–H groups in total. The molecule has 1 heterocycles. The molecule has 0 saturated carbocycles. The number of fused-ring (bicyclic) bond motifs is 6. The molecular formula is C57H41NS. The van der Waals surface area contributed by atoms with Gasteiger partial charge in [0, 0.05) is 42.5 Å². The number of rotatable bonds is 7. The molecule has 0 unspecified atom stereocenters. The molecule has 0 amide bonds. The van der Waals surface area contributed by atoms with Crippen molar-refractivity contribution < 1.29 is 0 Å². The summed E-state index contributed by atoms with van der Waals surface area (Å²) in [5.74, 6) is 0. The lowest BCUT2D eigenvalue weighted by Gasteiger charge is -2.31. The van der Waals surface area contributed by atoms with Crippen LogP contribution in [0.3, 0.4) is 0 Å². The minimum absolute atomic E-state index is 0.0839. The second kappa shape index (κ2) is 14.1. The molecule has 1 aliphatic rings. The van der Waals surface area contributed by atoms with Crippen LogP contribution in [0, 0.1) is 0 Å². The first-order valence-electron chi connectivity index (χ1n) is 20.4. The summed E-state index contributed by atoms with van der Waals surface area (Å²) in [6, 6.07) is 78.2. The molecule has 0 atom stereocenters. The fourth-order valence-electron chi connectivity index (χ4n) is 9.42. The van der Waals surface area contributed by atoms with E-state index in [1.807, 2.05) is 11.3 Å². The summed E-state index contributed by atoms with van der Waals surface area (Å²) in [4.78, 5) is 2.48. The van der Waals surface area contributed by atoms with Crippen LogP contribution in [0.4, 0.5) is 17.1 Å². The predicted octanol–water partition coefficient (Wildman–Crippen LogP) is 16.5. The number of anilines is 3. The van der Waals surface area contributed by atoms with Crippen LogP contribution in [0.25, 0.3) is 75.8 Å². The number of nitrogens with zero attached hydrogens (tertiary/aromatic N) is 1. The number of hydrogen-bond donors (Lipinski definition) is 0. The second-order valence-corrected chi connectivity index (χ2v) is 17.2. The summed E-state index contributed by atoms with van der Waals surface area (Å²) < 4.78 is 2.64. The Morgan fingerprint density at radius 3 is 1.71 bits per heavy atom. The highest BCUT2D eigenvalue weighted by molar-refractivity contribution is 7.25. The molecule has 2 heteroatoms. The zero-order valence-electron chi connectivity index (χ0n) is 33.1. The van der Waals surface area contributed by atoms with E-state index in [2.05, 4.69) is 231 Å². The van der Waals surface area contributed by atoms with E-state index in [0.717, 1.165) is 17.1 Å². The van der Waals surface area contributed by atoms with Gasteiger partial charge in [-0.3, -0.25) is 0 Å². The van der Waals surface area contributed by atoms with E-state index in [-0.39, 0.29) is 5.41 Å². The van der Waals surface area contributed by atoms with Crippen LogP contribution in [0.1, 0.15) is 25.0 Å². The molecule has 1 aromatic heterocycles. The molecule has 280 valence electrons. The van der Waals surface area contributed by atoms with E-state index in [0.29, 0.717) is 0 Å². The summed E-state index contributed by atoms with van der Waals surface area (Å²) >= 11 is 1.87. The fourth-order valence-corrected chi connectivity index (χ4v) is 10.6. The van der Waals surface area contributed by atoms with Gasteiger partial charge in [0.25, 0.3) is 0 Å². The first-order chi connectivity index (χ1) is 29.0. The zero-order valence-corrected chi connectivity index (χ0v) is 33.9. The highest BCUT2D eigenvalue weighted by Crippen LogP contribution is 2.53.